The summed E-state index contributed by atoms with van der Waals surface area (Å²) in [6, 6.07) is 1.58. The van der Waals surface area contributed by atoms with Crippen LogP contribution in [0.1, 0.15) is 50.8 Å². The minimum atomic E-state index is -4.78. The molecule has 158 valence electrons. The van der Waals surface area contributed by atoms with Crippen molar-refractivity contribution in [3.05, 3.63) is 23.5 Å². The van der Waals surface area contributed by atoms with Crippen molar-refractivity contribution in [1.82, 2.24) is 19.8 Å². The lowest BCUT2D eigenvalue weighted by atomic mass is 9.83. The minimum absolute atomic E-state index is 0.0520. The molecule has 12 heteroatoms. The Morgan fingerprint density at radius 3 is 2.52 bits per heavy atom. The van der Waals surface area contributed by atoms with Gasteiger partial charge in [0.15, 0.2) is 0 Å². The fourth-order valence-electron chi connectivity index (χ4n) is 3.25. The van der Waals surface area contributed by atoms with Crippen LogP contribution in [0.15, 0.2) is 17.8 Å². The molecule has 1 aromatic heterocycles. The molecule has 0 radical (unpaired) electrons. The smallest absolute Gasteiger partial charge is 0.338 e. The number of sulfonamides is 1. The van der Waals surface area contributed by atoms with Crippen LogP contribution in [-0.2, 0) is 19.6 Å². The molecule has 2 fully saturated rings. The molecule has 0 spiro atoms. The molecular weight excluding hydrogens is 413 g/mol. The van der Waals surface area contributed by atoms with E-state index in [1.165, 1.54) is 6.07 Å². The van der Waals surface area contributed by atoms with Gasteiger partial charge in [0, 0.05) is 18.2 Å². The summed E-state index contributed by atoms with van der Waals surface area (Å²) in [7, 11) is -3.98. The van der Waals surface area contributed by atoms with E-state index >= 15 is 0 Å². The number of nitrogens with one attached hydrogen (secondary N) is 2. The quantitative estimate of drug-likeness (QED) is 0.684. The van der Waals surface area contributed by atoms with Crippen LogP contribution in [0, 0.1) is 0 Å². The average Bonchev–Trinajstić information content (AvgIpc) is 3.50. The Bertz CT molecular complexity index is 1020. The number of hydrogen-bond acceptors (Lipinski definition) is 5. The molecule has 1 aliphatic heterocycles. The summed E-state index contributed by atoms with van der Waals surface area (Å²) in [6.07, 6.45) is -1.40. The molecule has 29 heavy (non-hydrogen) atoms. The molecule has 0 saturated heterocycles. The van der Waals surface area contributed by atoms with Crippen molar-refractivity contribution in [3.63, 3.8) is 0 Å². The van der Waals surface area contributed by atoms with Crippen LogP contribution in [0.25, 0.3) is 5.57 Å². The Morgan fingerprint density at radius 2 is 1.97 bits per heavy atom. The predicted octanol–water partition coefficient (Wildman–Crippen LogP) is 1.42. The van der Waals surface area contributed by atoms with E-state index in [9.17, 15) is 31.2 Å². The Balaban J connectivity index is 1.76. The monoisotopic (exact) mass is 432 g/mol. The molecule has 0 unspecified atom stereocenters. The first-order valence-corrected chi connectivity index (χ1v) is 10.7. The molecule has 8 nitrogen and oxygen atoms in total. The highest BCUT2D eigenvalue weighted by Gasteiger charge is 2.56. The van der Waals surface area contributed by atoms with Crippen molar-refractivity contribution in [2.75, 3.05) is 0 Å². The highest BCUT2D eigenvalue weighted by Crippen LogP contribution is 2.42. The normalized spacial score (nSPS) is 25.7. The van der Waals surface area contributed by atoms with Gasteiger partial charge < -0.3 is 5.32 Å². The Hall–Kier alpha value is -2.37. The van der Waals surface area contributed by atoms with Gasteiger partial charge in [-0.1, -0.05) is 0 Å². The van der Waals surface area contributed by atoms with E-state index in [2.05, 4.69) is 5.10 Å². The fourth-order valence-corrected chi connectivity index (χ4v) is 4.53. The van der Waals surface area contributed by atoms with Gasteiger partial charge in [-0.05, 0) is 38.7 Å². The summed E-state index contributed by atoms with van der Waals surface area (Å²) in [5.74, 6) is -2.52. The molecule has 1 atom stereocenters. The van der Waals surface area contributed by atoms with Gasteiger partial charge in [-0.3, -0.25) is 14.3 Å². The van der Waals surface area contributed by atoms with Crippen LogP contribution in [0.5, 0.6) is 0 Å². The van der Waals surface area contributed by atoms with Crippen molar-refractivity contribution in [1.29, 1.82) is 0 Å². The first-order chi connectivity index (χ1) is 13.4. The van der Waals surface area contributed by atoms with E-state index < -0.39 is 50.8 Å². The molecule has 2 N–H and O–H groups in total. The third-order valence-electron chi connectivity index (χ3n) is 5.34. The molecule has 2 amide bonds. The van der Waals surface area contributed by atoms with Crippen molar-refractivity contribution >= 4 is 27.4 Å². The summed E-state index contributed by atoms with van der Waals surface area (Å²) < 4.78 is 68.4. The van der Waals surface area contributed by atoms with Crippen LogP contribution in [-0.4, -0.2) is 47.0 Å². The first kappa shape index (κ1) is 19.9. The van der Waals surface area contributed by atoms with E-state index in [0.717, 1.165) is 19.8 Å². The van der Waals surface area contributed by atoms with Crippen molar-refractivity contribution in [2.45, 2.75) is 62.0 Å². The number of hydrogen-bond donors (Lipinski definition) is 2. The second kappa shape index (κ2) is 6.31. The van der Waals surface area contributed by atoms with Crippen molar-refractivity contribution < 1.29 is 31.2 Å². The Labute approximate surface area is 164 Å². The van der Waals surface area contributed by atoms with Gasteiger partial charge in [0.05, 0.1) is 17.0 Å². The highest BCUT2D eigenvalue weighted by molar-refractivity contribution is 7.91. The highest BCUT2D eigenvalue weighted by atomic mass is 32.2. The fraction of sp³-hybridized carbons (Fsp3) is 0.588. The SMILES string of the molecule is C[C@]1(C(F)(F)F)CC(c2ccn(C3CC3)n2)=C(C(=O)NS(=O)(=O)C2CC2)C(=O)N1. The molecular formula is C17H19F3N4O4S. The van der Waals surface area contributed by atoms with Crippen LogP contribution < -0.4 is 10.0 Å². The number of halogens is 3. The molecule has 0 bridgehead atoms. The summed E-state index contributed by atoms with van der Waals surface area (Å²) in [6.45, 7) is 0.818. The van der Waals surface area contributed by atoms with E-state index in [-0.39, 0.29) is 17.3 Å². The van der Waals surface area contributed by atoms with E-state index in [1.807, 2.05) is 10.0 Å². The zero-order valence-corrected chi connectivity index (χ0v) is 16.2. The molecule has 0 aromatic carbocycles. The van der Waals surface area contributed by atoms with Crippen molar-refractivity contribution in [3.8, 4) is 0 Å². The number of amides is 2. The largest absolute Gasteiger partial charge is 0.411 e. The number of carbonyl (C=O) groups excluding carboxylic acids is 2. The molecule has 2 heterocycles. The number of rotatable bonds is 5. The van der Waals surface area contributed by atoms with Gasteiger partial charge in [0.25, 0.3) is 11.8 Å². The lowest BCUT2D eigenvalue weighted by Gasteiger charge is -2.37. The predicted molar refractivity (Wildman–Crippen MR) is 94.7 cm³/mol. The van der Waals surface area contributed by atoms with E-state index in [4.69, 9.17) is 0 Å². The van der Waals surface area contributed by atoms with Gasteiger partial charge in [0.1, 0.15) is 11.1 Å². The molecule has 1 aromatic rings. The second-order valence-electron chi connectivity index (χ2n) is 7.90. The first-order valence-electron chi connectivity index (χ1n) is 9.15. The maximum Gasteiger partial charge on any atom is 0.411 e. The lowest BCUT2D eigenvalue weighted by Crippen LogP contribution is -2.60. The maximum atomic E-state index is 13.6. The second-order valence-corrected chi connectivity index (χ2v) is 9.86. The Morgan fingerprint density at radius 1 is 1.31 bits per heavy atom. The van der Waals surface area contributed by atoms with Gasteiger partial charge in [-0.2, -0.15) is 18.3 Å². The lowest BCUT2D eigenvalue weighted by molar-refractivity contribution is -0.192. The van der Waals surface area contributed by atoms with Gasteiger partial charge in [-0.25, -0.2) is 13.1 Å². The molecule has 4 rings (SSSR count). The standard InChI is InChI=1S/C17H19F3N4O4S/c1-16(17(18,19)20)8-11(12-6-7-24(22-12)9-2-3-9)13(14(25)21-16)15(26)23-29(27,28)10-4-5-10/h6-7,9-10H,2-5,8H2,1H3,(H,21,25)(H,23,26)/t16-/m1/s1. The summed E-state index contributed by atoms with van der Waals surface area (Å²) in [5, 5.41) is 5.34. The van der Waals surface area contributed by atoms with Crippen LogP contribution in [0.4, 0.5) is 13.2 Å². The van der Waals surface area contributed by atoms with E-state index in [0.29, 0.717) is 12.8 Å². The number of carbonyl (C=O) groups is 2. The third kappa shape index (κ3) is 3.65. The zero-order valence-electron chi connectivity index (χ0n) is 15.4. The zero-order chi connectivity index (χ0) is 21.2. The summed E-state index contributed by atoms with van der Waals surface area (Å²) >= 11 is 0. The van der Waals surface area contributed by atoms with Crippen LogP contribution in [0.3, 0.4) is 0 Å². The Kier molecular flexibility index (Phi) is 4.34. The number of aromatic nitrogens is 2. The summed E-state index contributed by atoms with van der Waals surface area (Å²) in [4.78, 5) is 25.2. The van der Waals surface area contributed by atoms with Gasteiger partial charge in [-0.15, -0.1) is 0 Å². The van der Waals surface area contributed by atoms with Crippen LogP contribution in [0.2, 0.25) is 0 Å². The molecule has 2 saturated carbocycles. The van der Waals surface area contributed by atoms with Crippen LogP contribution >= 0.6 is 0 Å². The molecule has 3 aliphatic rings. The van der Waals surface area contributed by atoms with Crippen molar-refractivity contribution in [2.24, 2.45) is 0 Å². The average molecular weight is 432 g/mol. The minimum Gasteiger partial charge on any atom is -0.338 e. The van der Waals surface area contributed by atoms with Gasteiger partial charge >= 0.3 is 6.18 Å². The number of nitrogens with zero attached hydrogens (tertiary/aromatic N) is 2. The van der Waals surface area contributed by atoms with Gasteiger partial charge in [0.2, 0.25) is 10.0 Å². The topological polar surface area (TPSA) is 110 Å². The molecule has 2 aliphatic carbocycles. The summed E-state index contributed by atoms with van der Waals surface area (Å²) in [5.41, 5.74) is -3.44. The number of alkyl halides is 3. The third-order valence-corrected chi connectivity index (χ3v) is 7.16. The van der Waals surface area contributed by atoms with E-state index in [1.54, 1.807) is 10.9 Å². The maximum absolute atomic E-state index is 13.6.